The molecular formula is C21H23ClN4O2S. The number of aryl methyl sites for hydroxylation is 1. The number of anilines is 1. The lowest BCUT2D eigenvalue weighted by Gasteiger charge is -2.12. The van der Waals surface area contributed by atoms with Gasteiger partial charge in [-0.25, -0.2) is 0 Å². The Kier molecular flexibility index (Phi) is 6.71. The summed E-state index contributed by atoms with van der Waals surface area (Å²) >= 11 is 11.6. The molecule has 0 unspecified atom stereocenters. The molecule has 152 valence electrons. The standard InChI is InChI=1S/C21H23ClN4O2S/c1-13(2)12-28-18-9-8-16(10-17(18)22)23-19(27)11-26-20(24-25-21(26)29)15-6-4-14(3)5-7-15/h4-10,13H,11-12H2,1-3H3,(H,23,27)(H,25,29). The van der Waals surface area contributed by atoms with E-state index in [9.17, 15) is 4.79 Å². The van der Waals surface area contributed by atoms with Gasteiger partial charge in [0.25, 0.3) is 0 Å². The van der Waals surface area contributed by atoms with Gasteiger partial charge in [0.1, 0.15) is 12.3 Å². The molecule has 0 aliphatic carbocycles. The summed E-state index contributed by atoms with van der Waals surface area (Å²) in [6.07, 6.45) is 0. The minimum Gasteiger partial charge on any atom is -0.492 e. The van der Waals surface area contributed by atoms with Gasteiger partial charge in [0.15, 0.2) is 10.6 Å². The van der Waals surface area contributed by atoms with Crippen molar-refractivity contribution < 1.29 is 9.53 Å². The molecule has 2 N–H and O–H groups in total. The molecule has 0 saturated heterocycles. The number of H-pyrrole nitrogens is 1. The van der Waals surface area contributed by atoms with Crippen molar-refractivity contribution in [1.82, 2.24) is 14.8 Å². The number of nitrogens with zero attached hydrogens (tertiary/aromatic N) is 2. The summed E-state index contributed by atoms with van der Waals surface area (Å²) in [7, 11) is 0. The molecule has 3 aromatic rings. The number of rotatable bonds is 7. The van der Waals surface area contributed by atoms with E-state index in [0.717, 1.165) is 11.1 Å². The minimum absolute atomic E-state index is 0.0295. The Labute approximate surface area is 179 Å². The summed E-state index contributed by atoms with van der Waals surface area (Å²) in [4.78, 5) is 12.6. The van der Waals surface area contributed by atoms with Crippen LogP contribution in [0.4, 0.5) is 5.69 Å². The number of carbonyl (C=O) groups excluding carboxylic acids is 1. The predicted octanol–water partition coefficient (Wildman–Crippen LogP) is 5.24. The Balaban J connectivity index is 1.72. The van der Waals surface area contributed by atoms with Crippen LogP contribution in [0.25, 0.3) is 11.4 Å². The zero-order valence-electron chi connectivity index (χ0n) is 16.5. The molecule has 6 nitrogen and oxygen atoms in total. The van der Waals surface area contributed by atoms with Gasteiger partial charge in [-0.3, -0.25) is 14.5 Å². The maximum absolute atomic E-state index is 12.6. The molecule has 1 aromatic heterocycles. The molecule has 8 heteroatoms. The van der Waals surface area contributed by atoms with Crippen LogP contribution in [0, 0.1) is 17.6 Å². The first-order valence-corrected chi connectivity index (χ1v) is 10.1. The van der Waals surface area contributed by atoms with Crippen LogP contribution in [0.3, 0.4) is 0 Å². The summed E-state index contributed by atoms with van der Waals surface area (Å²) in [5, 5.41) is 10.3. The van der Waals surface area contributed by atoms with E-state index in [4.69, 9.17) is 28.6 Å². The van der Waals surface area contributed by atoms with Gasteiger partial charge in [-0.15, -0.1) is 0 Å². The molecule has 0 saturated carbocycles. The third-order valence-corrected chi connectivity index (χ3v) is 4.76. The number of ether oxygens (including phenoxy) is 1. The van der Waals surface area contributed by atoms with Crippen molar-refractivity contribution in [2.75, 3.05) is 11.9 Å². The second-order valence-corrected chi connectivity index (χ2v) is 8.00. The maximum Gasteiger partial charge on any atom is 0.244 e. The summed E-state index contributed by atoms with van der Waals surface area (Å²) < 4.78 is 7.70. The van der Waals surface area contributed by atoms with Crippen LogP contribution in [-0.2, 0) is 11.3 Å². The van der Waals surface area contributed by atoms with E-state index in [1.165, 1.54) is 0 Å². The molecule has 0 aliphatic rings. The Morgan fingerprint density at radius 3 is 2.66 bits per heavy atom. The molecule has 1 amide bonds. The Bertz CT molecular complexity index is 1060. The van der Waals surface area contributed by atoms with Crippen molar-refractivity contribution in [3.63, 3.8) is 0 Å². The summed E-state index contributed by atoms with van der Waals surface area (Å²) in [6, 6.07) is 13.1. The summed E-state index contributed by atoms with van der Waals surface area (Å²) in [5.74, 6) is 1.37. The minimum atomic E-state index is -0.234. The number of nitrogens with one attached hydrogen (secondary N) is 2. The van der Waals surface area contributed by atoms with Gasteiger partial charge in [-0.2, -0.15) is 5.10 Å². The number of halogens is 1. The van der Waals surface area contributed by atoms with E-state index in [2.05, 4.69) is 29.4 Å². The van der Waals surface area contributed by atoms with Crippen molar-refractivity contribution in [3.05, 3.63) is 57.8 Å². The molecule has 0 spiro atoms. The zero-order chi connectivity index (χ0) is 21.0. The van der Waals surface area contributed by atoms with Crippen molar-refractivity contribution in [2.24, 2.45) is 5.92 Å². The fraction of sp³-hybridized carbons (Fsp3) is 0.286. The van der Waals surface area contributed by atoms with Crippen molar-refractivity contribution in [1.29, 1.82) is 0 Å². The second-order valence-electron chi connectivity index (χ2n) is 7.20. The SMILES string of the molecule is Cc1ccc(-c2n[nH]c(=S)n2CC(=O)Nc2ccc(OCC(C)C)c(Cl)c2)cc1. The molecule has 0 fully saturated rings. The van der Waals surface area contributed by atoms with Crippen LogP contribution in [0.1, 0.15) is 19.4 Å². The quantitative estimate of drug-likeness (QED) is 0.502. The number of hydrogen-bond acceptors (Lipinski definition) is 4. The van der Waals surface area contributed by atoms with Gasteiger partial charge < -0.3 is 10.1 Å². The van der Waals surface area contributed by atoms with Crippen LogP contribution in [0.15, 0.2) is 42.5 Å². The zero-order valence-corrected chi connectivity index (χ0v) is 18.1. The Morgan fingerprint density at radius 1 is 1.28 bits per heavy atom. The van der Waals surface area contributed by atoms with Crippen LogP contribution in [0.2, 0.25) is 5.02 Å². The van der Waals surface area contributed by atoms with Crippen molar-refractivity contribution >= 4 is 35.4 Å². The van der Waals surface area contributed by atoms with Gasteiger partial charge in [0.05, 0.1) is 11.6 Å². The van der Waals surface area contributed by atoms with E-state index in [-0.39, 0.29) is 12.5 Å². The lowest BCUT2D eigenvalue weighted by Crippen LogP contribution is -2.19. The van der Waals surface area contributed by atoms with Gasteiger partial charge in [0, 0.05) is 11.3 Å². The highest BCUT2D eigenvalue weighted by Crippen LogP contribution is 2.28. The summed E-state index contributed by atoms with van der Waals surface area (Å²) in [5.41, 5.74) is 2.61. The Hall–Kier alpha value is -2.64. The van der Waals surface area contributed by atoms with Crippen LogP contribution in [0.5, 0.6) is 5.75 Å². The lowest BCUT2D eigenvalue weighted by molar-refractivity contribution is -0.116. The average Bonchev–Trinajstić information content (AvgIpc) is 3.02. The lowest BCUT2D eigenvalue weighted by atomic mass is 10.1. The average molecular weight is 431 g/mol. The number of carbonyl (C=O) groups is 1. The smallest absolute Gasteiger partial charge is 0.244 e. The summed E-state index contributed by atoms with van der Waals surface area (Å²) in [6.45, 7) is 6.74. The van der Waals surface area contributed by atoms with E-state index in [1.807, 2.05) is 31.2 Å². The largest absolute Gasteiger partial charge is 0.492 e. The highest BCUT2D eigenvalue weighted by atomic mass is 35.5. The number of benzene rings is 2. The second kappa shape index (κ2) is 9.24. The first-order chi connectivity index (χ1) is 13.8. The molecular weight excluding hydrogens is 408 g/mol. The van der Waals surface area contributed by atoms with Gasteiger partial charge in [-0.05, 0) is 43.3 Å². The van der Waals surface area contributed by atoms with Crippen LogP contribution < -0.4 is 10.1 Å². The Morgan fingerprint density at radius 2 is 2.00 bits per heavy atom. The van der Waals surface area contributed by atoms with E-state index in [0.29, 0.717) is 39.6 Å². The van der Waals surface area contributed by atoms with Crippen molar-refractivity contribution in [3.8, 4) is 17.1 Å². The van der Waals surface area contributed by atoms with E-state index in [1.54, 1.807) is 22.8 Å². The van der Waals surface area contributed by atoms with E-state index >= 15 is 0 Å². The highest BCUT2D eigenvalue weighted by molar-refractivity contribution is 7.71. The monoisotopic (exact) mass is 430 g/mol. The highest BCUT2D eigenvalue weighted by Gasteiger charge is 2.13. The maximum atomic E-state index is 12.6. The van der Waals surface area contributed by atoms with Gasteiger partial charge in [-0.1, -0.05) is 55.3 Å². The van der Waals surface area contributed by atoms with Crippen LogP contribution in [-0.4, -0.2) is 27.3 Å². The molecule has 0 radical (unpaired) electrons. The topological polar surface area (TPSA) is 71.9 Å². The fourth-order valence-corrected chi connectivity index (χ4v) is 3.12. The van der Waals surface area contributed by atoms with Gasteiger partial charge >= 0.3 is 0 Å². The number of amides is 1. The predicted molar refractivity (Wildman–Crippen MR) is 118 cm³/mol. The van der Waals surface area contributed by atoms with Gasteiger partial charge in [0.2, 0.25) is 5.91 Å². The molecule has 29 heavy (non-hydrogen) atoms. The fourth-order valence-electron chi connectivity index (χ4n) is 2.68. The van der Waals surface area contributed by atoms with E-state index < -0.39 is 0 Å². The molecule has 0 atom stereocenters. The molecule has 0 aliphatic heterocycles. The third-order valence-electron chi connectivity index (χ3n) is 4.16. The third kappa shape index (κ3) is 5.46. The van der Waals surface area contributed by atoms with Crippen molar-refractivity contribution in [2.45, 2.75) is 27.3 Å². The van der Waals surface area contributed by atoms with Crippen LogP contribution >= 0.6 is 23.8 Å². The number of aromatic amines is 1. The molecule has 0 bridgehead atoms. The number of aromatic nitrogens is 3. The normalized spacial score (nSPS) is 10.9. The first kappa shape index (κ1) is 21.1. The molecule has 2 aromatic carbocycles. The molecule has 3 rings (SSSR count). The number of hydrogen-bond donors (Lipinski definition) is 2. The first-order valence-electron chi connectivity index (χ1n) is 9.28. The molecule has 1 heterocycles.